The summed E-state index contributed by atoms with van der Waals surface area (Å²) in [5.41, 5.74) is 2.58. The number of nitrogens with zero attached hydrogens (tertiary/aromatic N) is 3. The molecule has 10 heteroatoms. The zero-order valence-electron chi connectivity index (χ0n) is 11.6. The first-order valence-corrected chi connectivity index (χ1v) is 8.48. The van der Waals surface area contributed by atoms with Crippen LogP contribution in [0, 0.1) is 5.92 Å². The predicted molar refractivity (Wildman–Crippen MR) is 81.3 cm³/mol. The van der Waals surface area contributed by atoms with E-state index in [1.54, 1.807) is 0 Å². The first-order chi connectivity index (χ1) is 9.92. The van der Waals surface area contributed by atoms with Crippen molar-refractivity contribution >= 4 is 32.2 Å². The van der Waals surface area contributed by atoms with Crippen molar-refractivity contribution in [3.05, 3.63) is 23.5 Å². The summed E-state index contributed by atoms with van der Waals surface area (Å²) in [5.74, 6) is 5.73. The highest BCUT2D eigenvalue weighted by Gasteiger charge is 2.20. The number of aromatic nitrogens is 3. The molecule has 21 heavy (non-hydrogen) atoms. The summed E-state index contributed by atoms with van der Waals surface area (Å²) in [5, 5.41) is 8.81. The average molecular weight is 328 g/mol. The van der Waals surface area contributed by atoms with E-state index in [2.05, 4.69) is 39.2 Å². The summed E-state index contributed by atoms with van der Waals surface area (Å²) in [4.78, 5) is 3.75. The quantitative estimate of drug-likeness (QED) is 0.538. The van der Waals surface area contributed by atoms with Crippen molar-refractivity contribution in [2.24, 2.45) is 11.8 Å². The monoisotopic (exact) mass is 328 g/mol. The first kappa shape index (κ1) is 15.6. The molecule has 0 spiro atoms. The minimum absolute atomic E-state index is 0.0480. The van der Waals surface area contributed by atoms with Crippen LogP contribution < -0.4 is 16.0 Å². The van der Waals surface area contributed by atoms with Gasteiger partial charge in [0.25, 0.3) is 10.0 Å². The highest BCUT2D eigenvalue weighted by molar-refractivity contribution is 7.93. The van der Waals surface area contributed by atoms with E-state index in [9.17, 15) is 8.42 Å². The van der Waals surface area contributed by atoms with Crippen molar-refractivity contribution < 1.29 is 8.42 Å². The Hall–Kier alpha value is -1.78. The Labute approximate surface area is 126 Å². The van der Waals surface area contributed by atoms with Crippen molar-refractivity contribution in [2.75, 3.05) is 10.1 Å². The minimum atomic E-state index is -3.82. The zero-order valence-corrected chi connectivity index (χ0v) is 13.2. The molecule has 2 heterocycles. The fourth-order valence-electron chi connectivity index (χ4n) is 1.61. The maximum Gasteiger partial charge on any atom is 0.267 e. The van der Waals surface area contributed by atoms with Gasteiger partial charge < -0.3 is 5.43 Å². The van der Waals surface area contributed by atoms with E-state index in [4.69, 9.17) is 5.84 Å². The Morgan fingerprint density at radius 1 is 1.38 bits per heavy atom. The fourth-order valence-corrected chi connectivity index (χ4v) is 3.91. The largest absolute Gasteiger partial charge is 0.323 e. The Balaban J connectivity index is 2.23. The molecule has 0 aromatic carbocycles. The molecular formula is C11H16N6O2S2. The molecule has 0 fully saturated rings. The number of anilines is 2. The molecule has 2 aromatic rings. The molecule has 0 aliphatic rings. The molecule has 0 amide bonds. The van der Waals surface area contributed by atoms with Crippen LogP contribution in [0.4, 0.5) is 10.8 Å². The lowest BCUT2D eigenvalue weighted by Gasteiger charge is -2.08. The van der Waals surface area contributed by atoms with Crippen LogP contribution in [-0.2, 0) is 16.4 Å². The number of pyridine rings is 1. The number of hydrogen-bond acceptors (Lipinski definition) is 8. The van der Waals surface area contributed by atoms with Gasteiger partial charge in [0.1, 0.15) is 9.90 Å². The van der Waals surface area contributed by atoms with Crippen LogP contribution in [0.1, 0.15) is 18.9 Å². The summed E-state index contributed by atoms with van der Waals surface area (Å²) in [6, 6.07) is 1.47. The number of nitrogen functional groups attached to an aromatic ring is 1. The minimum Gasteiger partial charge on any atom is -0.323 e. The third kappa shape index (κ3) is 3.86. The lowest BCUT2D eigenvalue weighted by atomic mass is 10.1. The lowest BCUT2D eigenvalue weighted by molar-refractivity contribution is 0.601. The fraction of sp³-hybridized carbons (Fsp3) is 0.364. The molecule has 4 N–H and O–H groups in total. The van der Waals surface area contributed by atoms with Gasteiger partial charge in [-0.15, -0.1) is 10.2 Å². The third-order valence-corrected chi connectivity index (χ3v) is 4.86. The number of hydrazine groups is 1. The third-order valence-electron chi connectivity index (χ3n) is 2.50. The second-order valence-electron chi connectivity index (χ2n) is 4.72. The molecule has 0 radical (unpaired) electrons. The van der Waals surface area contributed by atoms with E-state index in [1.165, 1.54) is 29.8 Å². The van der Waals surface area contributed by atoms with Crippen molar-refractivity contribution in [3.8, 4) is 0 Å². The van der Waals surface area contributed by atoms with Crippen LogP contribution in [0.15, 0.2) is 23.4 Å². The van der Waals surface area contributed by atoms with Crippen LogP contribution in [0.3, 0.4) is 0 Å². The highest BCUT2D eigenvalue weighted by atomic mass is 32.2. The molecule has 0 aliphatic carbocycles. The zero-order chi connectivity index (χ0) is 15.5. The molecule has 2 rings (SSSR count). The standard InChI is InChI=1S/C11H16N6O2S2/c1-7(2)5-10-15-16-11(20-10)17-21(18,19)9-6-13-4-3-8(9)14-12/h3-4,6-7H,5,12H2,1-2H3,(H,13,14)(H,16,17). The number of nitrogens with one attached hydrogen (secondary N) is 2. The van der Waals surface area contributed by atoms with Gasteiger partial charge in [-0.2, -0.15) is 0 Å². The van der Waals surface area contributed by atoms with Crippen LogP contribution in [0.2, 0.25) is 0 Å². The normalized spacial score (nSPS) is 11.6. The van der Waals surface area contributed by atoms with Gasteiger partial charge >= 0.3 is 0 Å². The number of hydrogen-bond donors (Lipinski definition) is 3. The van der Waals surface area contributed by atoms with Gasteiger partial charge in [-0.25, -0.2) is 8.42 Å². The highest BCUT2D eigenvalue weighted by Crippen LogP contribution is 2.24. The number of rotatable bonds is 6. The summed E-state index contributed by atoms with van der Waals surface area (Å²) in [6.45, 7) is 4.11. The van der Waals surface area contributed by atoms with Crippen molar-refractivity contribution in [3.63, 3.8) is 0 Å². The smallest absolute Gasteiger partial charge is 0.267 e. The van der Waals surface area contributed by atoms with Gasteiger partial charge in [-0.05, 0) is 12.0 Å². The average Bonchev–Trinajstić information content (AvgIpc) is 2.84. The first-order valence-electron chi connectivity index (χ1n) is 6.18. The molecule has 8 nitrogen and oxygen atoms in total. The summed E-state index contributed by atoms with van der Waals surface area (Å²) in [6.07, 6.45) is 3.41. The maximum atomic E-state index is 12.3. The van der Waals surface area contributed by atoms with E-state index in [0.29, 0.717) is 5.92 Å². The molecule has 0 saturated carbocycles. The topological polar surface area (TPSA) is 123 Å². The molecule has 2 aromatic heterocycles. The van der Waals surface area contributed by atoms with Gasteiger partial charge in [0.2, 0.25) is 5.13 Å². The van der Waals surface area contributed by atoms with E-state index in [1.807, 2.05) is 0 Å². The van der Waals surface area contributed by atoms with Crippen LogP contribution in [-0.4, -0.2) is 23.6 Å². The molecular weight excluding hydrogens is 312 g/mol. The van der Waals surface area contributed by atoms with E-state index >= 15 is 0 Å². The Kier molecular flexibility index (Phi) is 4.70. The maximum absolute atomic E-state index is 12.3. The van der Waals surface area contributed by atoms with Gasteiger partial charge in [0.15, 0.2) is 0 Å². The summed E-state index contributed by atoms with van der Waals surface area (Å²) >= 11 is 1.21. The molecule has 0 unspecified atom stereocenters. The summed E-state index contributed by atoms with van der Waals surface area (Å²) in [7, 11) is -3.82. The second kappa shape index (κ2) is 6.33. The SMILES string of the molecule is CC(C)Cc1nnc(NS(=O)(=O)c2cnccc2NN)s1. The van der Waals surface area contributed by atoms with Crippen LogP contribution in [0.5, 0.6) is 0 Å². The van der Waals surface area contributed by atoms with Crippen molar-refractivity contribution in [1.29, 1.82) is 0 Å². The van der Waals surface area contributed by atoms with Crippen LogP contribution in [0.25, 0.3) is 0 Å². The van der Waals surface area contributed by atoms with E-state index in [-0.39, 0.29) is 15.7 Å². The molecule has 0 aliphatic heterocycles. The number of sulfonamides is 1. The summed E-state index contributed by atoms with van der Waals surface area (Å²) < 4.78 is 27.0. The van der Waals surface area contributed by atoms with Gasteiger partial charge in [-0.1, -0.05) is 25.2 Å². The van der Waals surface area contributed by atoms with Gasteiger partial charge in [-0.3, -0.25) is 15.5 Å². The Bertz CT molecular complexity index is 713. The second-order valence-corrected chi connectivity index (χ2v) is 7.43. The number of nitrogens with two attached hydrogens (primary N) is 1. The van der Waals surface area contributed by atoms with Crippen molar-refractivity contribution in [2.45, 2.75) is 25.2 Å². The van der Waals surface area contributed by atoms with Crippen molar-refractivity contribution in [1.82, 2.24) is 15.2 Å². The Morgan fingerprint density at radius 2 is 2.14 bits per heavy atom. The van der Waals surface area contributed by atoms with Crippen LogP contribution >= 0.6 is 11.3 Å². The van der Waals surface area contributed by atoms with E-state index < -0.39 is 10.0 Å². The molecule has 0 atom stereocenters. The van der Waals surface area contributed by atoms with Gasteiger partial charge in [0.05, 0.1) is 5.69 Å². The predicted octanol–water partition coefficient (Wildman–Crippen LogP) is 1.22. The lowest BCUT2D eigenvalue weighted by Crippen LogP contribution is -2.17. The van der Waals surface area contributed by atoms with E-state index in [0.717, 1.165) is 11.4 Å². The molecule has 0 saturated heterocycles. The van der Waals surface area contributed by atoms with Gasteiger partial charge in [0, 0.05) is 18.8 Å². The molecule has 0 bridgehead atoms. The molecule has 114 valence electrons. The Morgan fingerprint density at radius 3 is 2.81 bits per heavy atom.